The highest BCUT2D eigenvalue weighted by Gasteiger charge is 2.53. The van der Waals surface area contributed by atoms with Crippen LogP contribution in [0.1, 0.15) is 47.2 Å². The summed E-state index contributed by atoms with van der Waals surface area (Å²) in [4.78, 5) is 40.1. The maximum atomic E-state index is 13.9. The van der Waals surface area contributed by atoms with Crippen LogP contribution in [-0.2, 0) is 47.9 Å². The van der Waals surface area contributed by atoms with Gasteiger partial charge in [0.2, 0.25) is 12.2 Å². The Kier molecular flexibility index (Phi) is 14.7. The Morgan fingerprint density at radius 3 is 2.11 bits per heavy atom. The first kappa shape index (κ1) is 46.3. The minimum atomic E-state index is -5.37. The molecule has 10 atom stereocenters. The van der Waals surface area contributed by atoms with Crippen LogP contribution in [0, 0.1) is 0 Å². The van der Waals surface area contributed by atoms with E-state index in [2.05, 4.69) is 10.5 Å². The number of oxime groups is 1. The Bertz CT molecular complexity index is 2350. The molecule has 17 nitrogen and oxygen atoms in total. The fraction of sp³-hybridized carbons (Fsp3) is 0.364. The minimum Gasteiger partial charge on any atom is -0.458 e. The number of rotatable bonds is 15. The lowest BCUT2D eigenvalue weighted by molar-refractivity contribution is -0.155. The zero-order valence-corrected chi connectivity index (χ0v) is 35.7. The van der Waals surface area contributed by atoms with Gasteiger partial charge in [-0.05, 0) is 72.4 Å². The van der Waals surface area contributed by atoms with Crippen LogP contribution in [0.2, 0.25) is 5.02 Å². The summed E-state index contributed by atoms with van der Waals surface area (Å²) in [5.74, 6) is -1.47. The summed E-state index contributed by atoms with van der Waals surface area (Å²) in [6.45, 7) is 2.81. The first-order chi connectivity index (χ1) is 30.1. The van der Waals surface area contributed by atoms with E-state index in [0.29, 0.717) is 21.7 Å². The zero-order chi connectivity index (χ0) is 45.0. The molecule has 336 valence electrons. The molecule has 19 heteroatoms. The second-order valence-electron chi connectivity index (χ2n) is 15.5. The Balaban J connectivity index is 1.28. The maximum Gasteiger partial charge on any atom is 0.524 e. The molecule has 0 radical (unpaired) electrons. The quantitative estimate of drug-likeness (QED) is 0.0369. The van der Waals surface area contributed by atoms with Crippen molar-refractivity contribution >= 4 is 37.1 Å². The van der Waals surface area contributed by atoms with Crippen LogP contribution in [0.5, 0.6) is 11.5 Å². The van der Waals surface area contributed by atoms with E-state index < -0.39 is 80.6 Å². The number of aliphatic hydroxyl groups excluding tert-OH is 5. The summed E-state index contributed by atoms with van der Waals surface area (Å²) in [5.41, 5.74) is 3.30. The average Bonchev–Trinajstić information content (AvgIpc) is 3.86. The molecular weight excluding hydrogens is 863 g/mol. The van der Waals surface area contributed by atoms with Gasteiger partial charge in [0, 0.05) is 22.6 Å². The Morgan fingerprint density at radius 1 is 0.825 bits per heavy atom. The number of amides is 1. The van der Waals surface area contributed by atoms with Gasteiger partial charge in [-0.25, -0.2) is 4.57 Å². The largest absolute Gasteiger partial charge is 0.524 e. The number of hydrogen-bond donors (Lipinski definition) is 8. The third-order valence-electron chi connectivity index (χ3n) is 11.0. The second kappa shape index (κ2) is 20.0. The monoisotopic (exact) mass is 910 g/mol. The summed E-state index contributed by atoms with van der Waals surface area (Å²) in [6, 6.07) is 25.1. The molecule has 2 heterocycles. The van der Waals surface area contributed by atoms with Gasteiger partial charge in [0.25, 0.3) is 0 Å². The van der Waals surface area contributed by atoms with Gasteiger partial charge in [-0.3, -0.25) is 14.6 Å². The van der Waals surface area contributed by atoms with Crippen LogP contribution in [0.15, 0.2) is 102 Å². The van der Waals surface area contributed by atoms with Gasteiger partial charge in [-0.15, -0.1) is 0 Å². The third kappa shape index (κ3) is 11.0. The van der Waals surface area contributed by atoms with Crippen molar-refractivity contribution in [2.24, 2.45) is 5.16 Å². The van der Waals surface area contributed by atoms with Crippen LogP contribution >= 0.6 is 19.4 Å². The summed E-state index contributed by atoms with van der Waals surface area (Å²) in [7, 11) is -5.37. The third-order valence-corrected chi connectivity index (χ3v) is 11.6. The van der Waals surface area contributed by atoms with Gasteiger partial charge in [0.1, 0.15) is 62.2 Å². The Labute approximate surface area is 367 Å². The van der Waals surface area contributed by atoms with E-state index in [4.69, 9.17) is 39.9 Å². The van der Waals surface area contributed by atoms with Crippen molar-refractivity contribution in [3.63, 3.8) is 0 Å². The van der Waals surface area contributed by atoms with Crippen LogP contribution < -0.4 is 14.6 Å². The summed E-state index contributed by atoms with van der Waals surface area (Å²) >= 11 is 6.07. The van der Waals surface area contributed by atoms with E-state index in [9.17, 15) is 44.7 Å². The van der Waals surface area contributed by atoms with E-state index >= 15 is 0 Å². The average molecular weight is 911 g/mol. The van der Waals surface area contributed by atoms with E-state index in [0.717, 1.165) is 11.1 Å². The highest BCUT2D eigenvalue weighted by molar-refractivity contribution is 7.46. The first-order valence-corrected chi connectivity index (χ1v) is 21.9. The number of phosphoric ester groups is 1. The number of halogens is 1. The molecule has 0 bridgehead atoms. The number of fused-ring (bicyclic) bond motifs is 1. The molecule has 8 N–H and O–H groups in total. The smallest absolute Gasteiger partial charge is 0.458 e. The number of carbonyl (C=O) groups is 1. The molecule has 1 aliphatic carbocycles. The van der Waals surface area contributed by atoms with Crippen LogP contribution in [0.4, 0.5) is 0 Å². The van der Waals surface area contributed by atoms with Crippen molar-refractivity contribution < 1.29 is 73.0 Å². The number of hydrogen-bond acceptors (Lipinski definition) is 14. The zero-order valence-electron chi connectivity index (χ0n) is 34.0. The van der Waals surface area contributed by atoms with Crippen molar-refractivity contribution in [1.29, 1.82) is 0 Å². The van der Waals surface area contributed by atoms with Crippen LogP contribution in [-0.4, -0.2) is 115 Å². The minimum absolute atomic E-state index is 0.0295. The Morgan fingerprint density at radius 2 is 1.46 bits per heavy atom. The molecule has 7 rings (SSSR count). The molecule has 2 saturated heterocycles. The number of nitrogens with one attached hydrogen (secondary N) is 1. The lowest BCUT2D eigenvalue weighted by Gasteiger charge is -2.41. The molecule has 0 aromatic heterocycles. The second-order valence-corrected chi connectivity index (χ2v) is 17.1. The van der Waals surface area contributed by atoms with E-state index in [1.54, 1.807) is 54.6 Å². The van der Waals surface area contributed by atoms with Crippen molar-refractivity contribution in [3.8, 4) is 11.5 Å². The molecule has 2 aliphatic heterocycles. The van der Waals surface area contributed by atoms with Crippen molar-refractivity contribution in [1.82, 2.24) is 5.32 Å². The molecule has 0 spiro atoms. The molecule has 10 unspecified atom stereocenters. The predicted octanol–water partition coefficient (Wildman–Crippen LogP) is 3.14. The van der Waals surface area contributed by atoms with Crippen LogP contribution in [0.25, 0.3) is 6.08 Å². The van der Waals surface area contributed by atoms with Gasteiger partial charge in [-0.1, -0.05) is 89.6 Å². The molecule has 63 heavy (non-hydrogen) atoms. The number of ether oxygens (including phenoxy) is 4. The molecular formula is C44H48ClN2O15P. The summed E-state index contributed by atoms with van der Waals surface area (Å²) < 4.78 is 41.1. The number of nitrogens with zero attached hydrogens (tertiary/aromatic N) is 1. The van der Waals surface area contributed by atoms with Crippen LogP contribution in [0.3, 0.4) is 0 Å². The number of carbonyl (C=O) groups excluding carboxylic acids is 1. The molecule has 4 aromatic rings. The van der Waals surface area contributed by atoms with Crippen molar-refractivity contribution in [2.75, 3.05) is 6.79 Å². The van der Waals surface area contributed by atoms with E-state index in [1.807, 2.05) is 30.3 Å². The number of phosphoric acid groups is 1. The standard InChI is InChI=1S/C44H48ClN2O15P/c1-23(43(53)46-33-34(48)36(50)42-41(35(33)49)57-22-58-42)16-30-28(17-25-10-5-3-6-11-25)20-32(40(62-63(54,55)56)31(30)19-26-12-7-4-8-13-26)60-44-38(52)37(51)39(61-44)24(2)47-59-21-27-14-9-15-29(45)18-27/h3-16,18,20,33-39,41-42,44,48-52H,17,19,21-22H2,1-2H3,(H,46,53)(H2,54,55,56)/b23-16?,47-24+. The topological polar surface area (TPSA) is 256 Å². The number of benzene rings is 4. The predicted molar refractivity (Wildman–Crippen MR) is 226 cm³/mol. The van der Waals surface area contributed by atoms with E-state index in [-0.39, 0.29) is 48.8 Å². The molecule has 1 amide bonds. The lowest BCUT2D eigenvalue weighted by atomic mass is 9.83. The summed E-state index contributed by atoms with van der Waals surface area (Å²) in [5, 5.41) is 62.2. The maximum absolute atomic E-state index is 13.9. The van der Waals surface area contributed by atoms with Gasteiger partial charge in [0.05, 0.1) is 11.8 Å². The SMILES string of the molecule is CC(=Cc1c(Cc2ccccc2)cc(OC2OC(/C(C)=N/OCc3cccc(Cl)c3)C(O)C2O)c(OP(=O)(O)O)c1Cc1ccccc1)C(=O)NC1C(O)C(O)C2OCOC2C1O. The normalized spacial score (nSPS) is 27.5. The van der Waals surface area contributed by atoms with Crippen molar-refractivity contribution in [2.45, 2.75) is 94.5 Å². The highest BCUT2D eigenvalue weighted by Crippen LogP contribution is 2.48. The fourth-order valence-corrected chi connectivity index (χ4v) is 8.45. The molecule has 3 aliphatic rings. The van der Waals surface area contributed by atoms with Gasteiger partial charge in [0.15, 0.2) is 11.5 Å². The number of aliphatic hydroxyl groups is 5. The molecule has 3 fully saturated rings. The van der Waals surface area contributed by atoms with Gasteiger partial charge >= 0.3 is 7.82 Å². The summed E-state index contributed by atoms with van der Waals surface area (Å²) in [6.07, 6.45) is -11.1. The van der Waals surface area contributed by atoms with Gasteiger partial charge in [-0.2, -0.15) is 0 Å². The van der Waals surface area contributed by atoms with E-state index in [1.165, 1.54) is 26.0 Å². The van der Waals surface area contributed by atoms with Gasteiger partial charge < -0.3 is 59.2 Å². The molecule has 1 saturated carbocycles. The lowest BCUT2D eigenvalue weighted by Crippen LogP contribution is -2.67. The van der Waals surface area contributed by atoms with Crippen molar-refractivity contribution in [3.05, 3.63) is 135 Å². The first-order valence-electron chi connectivity index (χ1n) is 20.0. The molecule has 4 aromatic carbocycles. The Hall–Kier alpha value is -4.72. The fourth-order valence-electron chi connectivity index (χ4n) is 7.79. The highest BCUT2D eigenvalue weighted by atomic mass is 35.5.